The van der Waals surface area contributed by atoms with Crippen LogP contribution < -0.4 is 15.0 Å². The highest BCUT2D eigenvalue weighted by Gasteiger charge is 2.27. The maximum Gasteiger partial charge on any atom is 0.410 e. The van der Waals surface area contributed by atoms with E-state index in [1.165, 1.54) is 25.3 Å². The third kappa shape index (κ3) is 5.84. The summed E-state index contributed by atoms with van der Waals surface area (Å²) in [5.74, 6) is 0.620. The largest absolute Gasteiger partial charge is 0.490 e. The van der Waals surface area contributed by atoms with Crippen LogP contribution in [0.2, 0.25) is 5.28 Å². The maximum atomic E-state index is 12.2. The summed E-state index contributed by atoms with van der Waals surface area (Å²) in [7, 11) is 1.35. The van der Waals surface area contributed by atoms with Crippen LogP contribution in [0.5, 0.6) is 5.75 Å². The normalized spacial score (nSPS) is 14.2. The molecule has 12 nitrogen and oxygen atoms in total. The smallest absolute Gasteiger partial charge is 0.410 e. The summed E-state index contributed by atoms with van der Waals surface area (Å²) < 4.78 is 10.5. The number of hydrogen-bond acceptors (Lipinski definition) is 10. The van der Waals surface area contributed by atoms with Gasteiger partial charge in [0.2, 0.25) is 17.2 Å². The number of halogens is 1. The average molecular weight is 466 g/mol. The number of aromatic nitrogens is 3. The molecule has 0 spiro atoms. The molecule has 1 saturated heterocycles. The summed E-state index contributed by atoms with van der Waals surface area (Å²) >= 11 is 6.09. The van der Waals surface area contributed by atoms with Gasteiger partial charge in [-0.3, -0.25) is 10.1 Å². The molecular formula is C19H24ClN7O5. The zero-order valence-corrected chi connectivity index (χ0v) is 18.9. The van der Waals surface area contributed by atoms with Crippen molar-refractivity contribution in [2.24, 2.45) is 0 Å². The lowest BCUT2D eigenvalue weighted by atomic mass is 10.2. The SMILES string of the molecule is COc1cc(Nc2nc(Cl)nc(N3CCN(C(=O)OC(C)(C)C)CC3)n2)ccc1[N+](=O)[O-]. The summed E-state index contributed by atoms with van der Waals surface area (Å²) in [6, 6.07) is 4.30. The van der Waals surface area contributed by atoms with E-state index in [1.54, 1.807) is 4.90 Å². The average Bonchev–Trinajstić information content (AvgIpc) is 2.72. The zero-order valence-electron chi connectivity index (χ0n) is 18.2. The van der Waals surface area contributed by atoms with Gasteiger partial charge in [-0.1, -0.05) is 0 Å². The number of carbonyl (C=O) groups excluding carboxylic acids is 1. The molecule has 32 heavy (non-hydrogen) atoms. The van der Waals surface area contributed by atoms with Crippen molar-refractivity contribution in [2.75, 3.05) is 43.5 Å². The molecule has 0 radical (unpaired) electrons. The van der Waals surface area contributed by atoms with Crippen LogP contribution in [0.3, 0.4) is 0 Å². The van der Waals surface area contributed by atoms with Crippen LogP contribution in [-0.2, 0) is 4.74 Å². The van der Waals surface area contributed by atoms with Crippen molar-refractivity contribution in [3.05, 3.63) is 33.6 Å². The van der Waals surface area contributed by atoms with E-state index in [4.69, 9.17) is 21.1 Å². The molecule has 1 N–H and O–H groups in total. The Morgan fingerprint density at radius 2 is 1.88 bits per heavy atom. The van der Waals surface area contributed by atoms with Crippen LogP contribution in [0, 0.1) is 10.1 Å². The number of nitrogens with zero attached hydrogens (tertiary/aromatic N) is 6. The molecule has 1 aliphatic heterocycles. The molecule has 0 saturated carbocycles. The Balaban J connectivity index is 1.70. The molecule has 0 aliphatic carbocycles. The predicted molar refractivity (Wildman–Crippen MR) is 118 cm³/mol. The van der Waals surface area contributed by atoms with Gasteiger partial charge in [0.15, 0.2) is 5.75 Å². The zero-order chi connectivity index (χ0) is 23.5. The molecule has 1 aromatic carbocycles. The van der Waals surface area contributed by atoms with E-state index in [-0.39, 0.29) is 28.8 Å². The van der Waals surface area contributed by atoms with Crippen molar-refractivity contribution in [3.63, 3.8) is 0 Å². The molecule has 2 aromatic rings. The second-order valence-electron chi connectivity index (χ2n) is 7.95. The third-order valence-electron chi connectivity index (χ3n) is 4.44. The van der Waals surface area contributed by atoms with Crippen LogP contribution in [0.25, 0.3) is 0 Å². The highest BCUT2D eigenvalue weighted by Crippen LogP contribution is 2.31. The van der Waals surface area contributed by atoms with E-state index in [2.05, 4.69) is 20.3 Å². The van der Waals surface area contributed by atoms with Gasteiger partial charge in [0, 0.05) is 44.0 Å². The van der Waals surface area contributed by atoms with Crippen LogP contribution in [0.1, 0.15) is 20.8 Å². The minimum atomic E-state index is -0.558. The molecule has 1 aromatic heterocycles. The first-order valence-corrected chi connectivity index (χ1v) is 10.2. The molecule has 3 rings (SSSR count). The Bertz CT molecular complexity index is 1010. The van der Waals surface area contributed by atoms with Gasteiger partial charge in [-0.05, 0) is 38.4 Å². The van der Waals surface area contributed by atoms with Gasteiger partial charge in [0.1, 0.15) is 5.60 Å². The van der Waals surface area contributed by atoms with Crippen LogP contribution in [0.4, 0.5) is 28.1 Å². The van der Waals surface area contributed by atoms with Gasteiger partial charge in [0.25, 0.3) is 0 Å². The first-order chi connectivity index (χ1) is 15.1. The van der Waals surface area contributed by atoms with Crippen molar-refractivity contribution in [3.8, 4) is 5.75 Å². The number of benzene rings is 1. The van der Waals surface area contributed by atoms with Gasteiger partial charge in [-0.25, -0.2) is 4.79 Å². The van der Waals surface area contributed by atoms with E-state index in [9.17, 15) is 14.9 Å². The number of nitrogens with one attached hydrogen (secondary N) is 1. The molecular weight excluding hydrogens is 442 g/mol. The summed E-state index contributed by atoms with van der Waals surface area (Å²) in [4.78, 5) is 38.9. The molecule has 2 heterocycles. The van der Waals surface area contributed by atoms with Crippen LogP contribution in [0.15, 0.2) is 18.2 Å². The molecule has 13 heteroatoms. The molecule has 1 fully saturated rings. The molecule has 0 atom stereocenters. The van der Waals surface area contributed by atoms with Crippen LogP contribution >= 0.6 is 11.6 Å². The first kappa shape index (κ1) is 23.3. The fourth-order valence-electron chi connectivity index (χ4n) is 2.99. The van der Waals surface area contributed by atoms with Gasteiger partial charge < -0.3 is 24.6 Å². The maximum absolute atomic E-state index is 12.2. The molecule has 1 amide bonds. The number of hydrogen-bond donors (Lipinski definition) is 1. The number of nitro groups is 1. The van der Waals surface area contributed by atoms with E-state index < -0.39 is 10.5 Å². The Labute approximate surface area is 189 Å². The number of amides is 1. The number of anilines is 3. The highest BCUT2D eigenvalue weighted by molar-refractivity contribution is 6.28. The number of rotatable bonds is 5. The Hall–Kier alpha value is -3.41. The molecule has 1 aliphatic rings. The number of nitro benzene ring substituents is 1. The molecule has 172 valence electrons. The fourth-order valence-corrected chi connectivity index (χ4v) is 3.14. The van der Waals surface area contributed by atoms with Gasteiger partial charge in [-0.15, -0.1) is 0 Å². The first-order valence-electron chi connectivity index (χ1n) is 9.79. The van der Waals surface area contributed by atoms with Gasteiger partial charge in [-0.2, -0.15) is 15.0 Å². The van der Waals surface area contributed by atoms with Gasteiger partial charge >= 0.3 is 11.8 Å². The van der Waals surface area contributed by atoms with Crippen molar-refractivity contribution in [1.29, 1.82) is 0 Å². The molecule has 0 unspecified atom stereocenters. The lowest BCUT2D eigenvalue weighted by Gasteiger charge is -2.35. The predicted octanol–water partition coefficient (Wildman–Crippen LogP) is 3.24. The Morgan fingerprint density at radius 1 is 1.19 bits per heavy atom. The highest BCUT2D eigenvalue weighted by atomic mass is 35.5. The second kappa shape index (κ2) is 9.39. The number of methoxy groups -OCH3 is 1. The van der Waals surface area contributed by atoms with Crippen LogP contribution in [-0.4, -0.2) is 69.8 Å². The second-order valence-corrected chi connectivity index (χ2v) is 8.29. The lowest BCUT2D eigenvalue weighted by Crippen LogP contribution is -2.50. The standard InChI is InChI=1S/C19H24ClN7O5/c1-19(2,3)32-18(28)26-9-7-25(8-10-26)17-23-15(20)22-16(24-17)21-12-5-6-13(27(29)30)14(11-12)31-4/h5-6,11H,7-10H2,1-4H3,(H,21,22,23,24). The van der Waals surface area contributed by atoms with E-state index in [0.717, 1.165) is 0 Å². The van der Waals surface area contributed by atoms with Crippen molar-refractivity contribution < 1.29 is 19.2 Å². The summed E-state index contributed by atoms with van der Waals surface area (Å²) in [6.45, 7) is 7.34. The summed E-state index contributed by atoms with van der Waals surface area (Å²) in [5, 5.41) is 14.0. The Kier molecular flexibility index (Phi) is 6.82. The minimum absolute atomic E-state index is 0.0130. The minimum Gasteiger partial charge on any atom is -0.490 e. The lowest BCUT2D eigenvalue weighted by molar-refractivity contribution is -0.385. The van der Waals surface area contributed by atoms with Crippen molar-refractivity contribution in [2.45, 2.75) is 26.4 Å². The van der Waals surface area contributed by atoms with E-state index in [0.29, 0.717) is 37.8 Å². The number of piperazine rings is 1. The topological polar surface area (TPSA) is 136 Å². The van der Waals surface area contributed by atoms with Crippen molar-refractivity contribution >= 4 is 41.0 Å². The third-order valence-corrected chi connectivity index (χ3v) is 4.61. The fraction of sp³-hybridized carbons (Fsp3) is 0.474. The summed E-state index contributed by atoms with van der Waals surface area (Å²) in [5.41, 5.74) is -0.234. The summed E-state index contributed by atoms with van der Waals surface area (Å²) in [6.07, 6.45) is -0.361. The molecule has 0 bridgehead atoms. The van der Waals surface area contributed by atoms with E-state index in [1.807, 2.05) is 25.7 Å². The van der Waals surface area contributed by atoms with Crippen molar-refractivity contribution in [1.82, 2.24) is 19.9 Å². The van der Waals surface area contributed by atoms with Gasteiger partial charge in [0.05, 0.1) is 12.0 Å². The monoisotopic (exact) mass is 465 g/mol. The quantitative estimate of drug-likeness (QED) is 0.517. The number of ether oxygens (including phenoxy) is 2. The number of carbonyl (C=O) groups is 1. The Morgan fingerprint density at radius 3 is 2.47 bits per heavy atom. The van der Waals surface area contributed by atoms with E-state index >= 15 is 0 Å².